The molecule has 0 saturated heterocycles. The van der Waals surface area contributed by atoms with Gasteiger partial charge in [-0.05, 0) is 38.0 Å². The van der Waals surface area contributed by atoms with Crippen LogP contribution < -0.4 is 0 Å². The second kappa shape index (κ2) is 9.41. The predicted molar refractivity (Wildman–Crippen MR) is 84.9 cm³/mol. The van der Waals surface area contributed by atoms with Gasteiger partial charge in [-0.1, -0.05) is 65.2 Å². The number of unbranched alkanes of at least 4 members (excludes halogenated alkanes) is 5. The quantitative estimate of drug-likeness (QED) is 0.514. The highest BCUT2D eigenvalue weighted by Crippen LogP contribution is 2.44. The van der Waals surface area contributed by atoms with Crippen molar-refractivity contribution >= 4 is 5.97 Å². The summed E-state index contributed by atoms with van der Waals surface area (Å²) in [5.74, 6) is 0.262. The molecule has 0 aromatic heterocycles. The van der Waals surface area contributed by atoms with Crippen molar-refractivity contribution in [1.29, 1.82) is 0 Å². The molecule has 0 atom stereocenters. The van der Waals surface area contributed by atoms with E-state index in [2.05, 4.69) is 13.8 Å². The Balaban J connectivity index is 2.31. The molecule has 0 amide bonds. The molecule has 1 aliphatic rings. The Morgan fingerprint density at radius 1 is 1.00 bits per heavy atom. The summed E-state index contributed by atoms with van der Waals surface area (Å²) in [6.45, 7) is 4.46. The molecule has 1 saturated carbocycles. The molecule has 1 fully saturated rings. The summed E-state index contributed by atoms with van der Waals surface area (Å²) in [5.41, 5.74) is -0.380. The molecule has 0 radical (unpaired) electrons. The molecule has 0 heterocycles. The van der Waals surface area contributed by atoms with Crippen LogP contribution in [-0.4, -0.2) is 11.1 Å². The van der Waals surface area contributed by atoms with Gasteiger partial charge in [0.05, 0.1) is 5.41 Å². The first-order valence-electron chi connectivity index (χ1n) is 8.88. The number of carboxylic acid groups (broad SMARTS) is 1. The lowest BCUT2D eigenvalue weighted by Gasteiger charge is -2.37. The van der Waals surface area contributed by atoms with Gasteiger partial charge >= 0.3 is 5.97 Å². The van der Waals surface area contributed by atoms with Crippen molar-refractivity contribution in [2.24, 2.45) is 11.3 Å². The molecule has 1 aliphatic carbocycles. The Bertz CT molecular complexity index is 265. The molecule has 1 N–H and O–H groups in total. The molecule has 0 spiro atoms. The van der Waals surface area contributed by atoms with Gasteiger partial charge in [-0.25, -0.2) is 0 Å². The van der Waals surface area contributed by atoms with E-state index in [1.165, 1.54) is 44.9 Å². The van der Waals surface area contributed by atoms with Crippen LogP contribution in [0.25, 0.3) is 0 Å². The molecular weight excluding hydrogens is 248 g/mol. The fourth-order valence-corrected chi connectivity index (χ4v) is 3.74. The first-order chi connectivity index (χ1) is 9.64. The topological polar surface area (TPSA) is 37.3 Å². The third-order valence-electron chi connectivity index (χ3n) is 5.22. The van der Waals surface area contributed by atoms with E-state index < -0.39 is 5.97 Å². The second-order valence-corrected chi connectivity index (χ2v) is 6.84. The van der Waals surface area contributed by atoms with Crippen LogP contribution in [0.15, 0.2) is 0 Å². The lowest BCUT2D eigenvalue weighted by atomic mass is 9.67. The fourth-order valence-electron chi connectivity index (χ4n) is 3.74. The molecular formula is C18H34O2. The monoisotopic (exact) mass is 282 g/mol. The highest BCUT2D eigenvalue weighted by atomic mass is 16.4. The molecule has 0 aliphatic heterocycles. The highest BCUT2D eigenvalue weighted by Gasteiger charge is 2.40. The minimum atomic E-state index is -0.527. The molecule has 0 aromatic rings. The first kappa shape index (κ1) is 17.5. The van der Waals surface area contributed by atoms with Crippen molar-refractivity contribution in [2.75, 3.05) is 0 Å². The summed E-state index contributed by atoms with van der Waals surface area (Å²) in [5, 5.41) is 9.65. The number of aliphatic carboxylic acids is 1. The van der Waals surface area contributed by atoms with E-state index in [0.29, 0.717) is 0 Å². The van der Waals surface area contributed by atoms with Crippen LogP contribution in [0.4, 0.5) is 0 Å². The number of carbonyl (C=O) groups is 1. The summed E-state index contributed by atoms with van der Waals surface area (Å²) in [6.07, 6.45) is 15.1. The Morgan fingerprint density at radius 3 is 2.15 bits per heavy atom. The maximum Gasteiger partial charge on any atom is 0.309 e. The van der Waals surface area contributed by atoms with Gasteiger partial charge in [-0.2, -0.15) is 0 Å². The van der Waals surface area contributed by atoms with Crippen LogP contribution in [0.2, 0.25) is 0 Å². The van der Waals surface area contributed by atoms with E-state index in [1.54, 1.807) is 0 Å². The number of carboxylic acids is 1. The third kappa shape index (κ3) is 5.46. The van der Waals surface area contributed by atoms with Gasteiger partial charge in [0.25, 0.3) is 0 Å². The second-order valence-electron chi connectivity index (χ2n) is 6.84. The molecule has 2 heteroatoms. The number of rotatable bonds is 10. The maximum atomic E-state index is 11.7. The summed E-state index contributed by atoms with van der Waals surface area (Å²) >= 11 is 0. The zero-order valence-corrected chi connectivity index (χ0v) is 13.6. The lowest BCUT2D eigenvalue weighted by molar-refractivity contribution is -0.152. The summed E-state index contributed by atoms with van der Waals surface area (Å²) in [7, 11) is 0. The standard InChI is InChI=1S/C18H34O2/c1-3-5-6-7-8-9-13-18(17(19)20)14-11-16(10-4-2)12-15-18/h16H,3-15H2,1-2H3,(H,19,20). The Labute approximate surface area is 125 Å². The Hall–Kier alpha value is -0.530. The van der Waals surface area contributed by atoms with E-state index in [-0.39, 0.29) is 5.41 Å². The van der Waals surface area contributed by atoms with Gasteiger partial charge in [0.1, 0.15) is 0 Å². The van der Waals surface area contributed by atoms with E-state index in [4.69, 9.17) is 0 Å². The van der Waals surface area contributed by atoms with E-state index in [1.807, 2.05) is 0 Å². The number of hydrogen-bond donors (Lipinski definition) is 1. The van der Waals surface area contributed by atoms with Gasteiger partial charge in [0.2, 0.25) is 0 Å². The molecule has 2 nitrogen and oxygen atoms in total. The van der Waals surface area contributed by atoms with Gasteiger partial charge in [-0.15, -0.1) is 0 Å². The summed E-state index contributed by atoms with van der Waals surface area (Å²) in [4.78, 5) is 11.7. The molecule has 20 heavy (non-hydrogen) atoms. The van der Waals surface area contributed by atoms with Crippen LogP contribution in [0.5, 0.6) is 0 Å². The summed E-state index contributed by atoms with van der Waals surface area (Å²) < 4.78 is 0. The number of hydrogen-bond acceptors (Lipinski definition) is 1. The largest absolute Gasteiger partial charge is 0.481 e. The van der Waals surface area contributed by atoms with Crippen molar-refractivity contribution in [3.8, 4) is 0 Å². The average molecular weight is 282 g/mol. The molecule has 0 unspecified atom stereocenters. The smallest absolute Gasteiger partial charge is 0.309 e. The van der Waals surface area contributed by atoms with Gasteiger partial charge in [0.15, 0.2) is 0 Å². The van der Waals surface area contributed by atoms with Gasteiger partial charge in [-0.3, -0.25) is 4.79 Å². The third-order valence-corrected chi connectivity index (χ3v) is 5.22. The van der Waals surface area contributed by atoms with Crippen molar-refractivity contribution < 1.29 is 9.90 Å². The van der Waals surface area contributed by atoms with Crippen LogP contribution in [0.1, 0.15) is 97.3 Å². The summed E-state index contributed by atoms with van der Waals surface area (Å²) in [6, 6.07) is 0. The van der Waals surface area contributed by atoms with Crippen LogP contribution in [0.3, 0.4) is 0 Å². The first-order valence-corrected chi connectivity index (χ1v) is 8.88. The lowest BCUT2D eigenvalue weighted by Crippen LogP contribution is -2.35. The minimum Gasteiger partial charge on any atom is -0.481 e. The average Bonchev–Trinajstić information content (AvgIpc) is 2.45. The Morgan fingerprint density at radius 2 is 1.60 bits per heavy atom. The normalized spacial score (nSPS) is 26.6. The van der Waals surface area contributed by atoms with E-state index in [0.717, 1.165) is 44.4 Å². The fraction of sp³-hybridized carbons (Fsp3) is 0.944. The maximum absolute atomic E-state index is 11.7. The van der Waals surface area contributed by atoms with Crippen molar-refractivity contribution in [1.82, 2.24) is 0 Å². The minimum absolute atomic E-state index is 0.380. The molecule has 118 valence electrons. The van der Waals surface area contributed by atoms with Gasteiger partial charge < -0.3 is 5.11 Å². The molecule has 1 rings (SSSR count). The van der Waals surface area contributed by atoms with E-state index >= 15 is 0 Å². The van der Waals surface area contributed by atoms with Crippen molar-refractivity contribution in [3.05, 3.63) is 0 Å². The Kier molecular flexibility index (Phi) is 8.25. The van der Waals surface area contributed by atoms with Crippen molar-refractivity contribution in [3.63, 3.8) is 0 Å². The molecule has 0 bridgehead atoms. The van der Waals surface area contributed by atoms with Crippen molar-refractivity contribution in [2.45, 2.75) is 97.3 Å². The van der Waals surface area contributed by atoms with Crippen LogP contribution in [0, 0.1) is 11.3 Å². The van der Waals surface area contributed by atoms with E-state index in [9.17, 15) is 9.90 Å². The van der Waals surface area contributed by atoms with Gasteiger partial charge in [0, 0.05) is 0 Å². The predicted octanol–water partition coefficient (Wildman–Crippen LogP) is 5.80. The zero-order valence-electron chi connectivity index (χ0n) is 13.6. The van der Waals surface area contributed by atoms with Crippen LogP contribution in [-0.2, 0) is 4.79 Å². The zero-order chi connectivity index (χ0) is 14.8. The SMILES string of the molecule is CCCCCCCCC1(C(=O)O)CCC(CCC)CC1. The highest BCUT2D eigenvalue weighted by molar-refractivity contribution is 5.74. The molecule has 0 aromatic carbocycles. The van der Waals surface area contributed by atoms with Crippen LogP contribution >= 0.6 is 0 Å².